The third kappa shape index (κ3) is 6.74. The fraction of sp³-hybridized carbons (Fsp3) is 0.242. The number of hydrogen-bond donors (Lipinski definition) is 1. The summed E-state index contributed by atoms with van der Waals surface area (Å²) in [6, 6.07) is 32.4. The van der Waals surface area contributed by atoms with E-state index in [2.05, 4.69) is 77.7 Å². The molecule has 2 N–H and O–H groups in total. The summed E-state index contributed by atoms with van der Waals surface area (Å²) in [7, 11) is 1.55. The number of carbonyl (C=O) groups excluding carboxylic acids is 1. The van der Waals surface area contributed by atoms with Crippen LogP contribution in [0.3, 0.4) is 0 Å². The molecule has 5 rings (SSSR count). The lowest BCUT2D eigenvalue weighted by Gasteiger charge is -2.28. The van der Waals surface area contributed by atoms with Crippen molar-refractivity contribution in [2.75, 3.05) is 33.6 Å². The van der Waals surface area contributed by atoms with Crippen LogP contribution < -0.4 is 24.7 Å². The Morgan fingerprint density at radius 3 is 2.25 bits per heavy atom. The van der Waals surface area contributed by atoms with Gasteiger partial charge in [-0.15, -0.1) is 0 Å². The first-order valence-electron chi connectivity index (χ1n) is 13.4. The van der Waals surface area contributed by atoms with Gasteiger partial charge in [-0.3, -0.25) is 9.69 Å². The van der Waals surface area contributed by atoms with Gasteiger partial charge in [-0.2, -0.15) is 0 Å². The molecule has 4 aromatic rings. The van der Waals surface area contributed by atoms with Crippen molar-refractivity contribution in [1.29, 1.82) is 0 Å². The molecule has 0 atom stereocenters. The van der Waals surface area contributed by atoms with Crippen LogP contribution in [-0.2, 0) is 6.54 Å². The normalized spacial score (nSPS) is 12.1. The molecule has 1 aliphatic heterocycles. The number of benzene rings is 4. The minimum absolute atomic E-state index is 0.207. The third-order valence-electron chi connectivity index (χ3n) is 7.01. The molecule has 1 heterocycles. The molecule has 0 aliphatic carbocycles. The third-order valence-corrected chi connectivity index (χ3v) is 7.01. The standard InChI is InChI=1S/C33H34N2O5/c1-37-31-20-27(33(34)36)14-16-29(31)38-18-8-17-35(21-24-13-15-30-32(19-24)40-23-39-30)22-28(25-9-4-2-5-10-25)26-11-6-3-7-12-26/h2-7,9-16,19-20,28H,8,17-18,21-23H2,1H3,(H2,34,36). The van der Waals surface area contributed by atoms with Crippen LogP contribution in [-0.4, -0.2) is 44.4 Å². The van der Waals surface area contributed by atoms with E-state index < -0.39 is 5.91 Å². The molecular weight excluding hydrogens is 504 g/mol. The van der Waals surface area contributed by atoms with E-state index in [1.807, 2.05) is 6.07 Å². The number of nitrogens with two attached hydrogens (primary N) is 1. The van der Waals surface area contributed by atoms with Crippen LogP contribution in [0.2, 0.25) is 0 Å². The van der Waals surface area contributed by atoms with Crippen molar-refractivity contribution in [3.05, 3.63) is 119 Å². The quantitative estimate of drug-likeness (QED) is 0.222. The molecule has 7 nitrogen and oxygen atoms in total. The van der Waals surface area contributed by atoms with Gasteiger partial charge in [-0.25, -0.2) is 0 Å². The molecule has 0 unspecified atom stereocenters. The molecule has 1 aliphatic rings. The number of methoxy groups -OCH3 is 1. The van der Waals surface area contributed by atoms with Crippen molar-refractivity contribution < 1.29 is 23.7 Å². The maximum atomic E-state index is 11.5. The summed E-state index contributed by atoms with van der Waals surface area (Å²) < 4.78 is 22.6. The highest BCUT2D eigenvalue weighted by Crippen LogP contribution is 2.34. The van der Waals surface area contributed by atoms with Gasteiger partial charge >= 0.3 is 0 Å². The van der Waals surface area contributed by atoms with E-state index in [-0.39, 0.29) is 12.7 Å². The fourth-order valence-electron chi connectivity index (χ4n) is 4.97. The molecule has 0 fully saturated rings. The fourth-order valence-corrected chi connectivity index (χ4v) is 4.97. The molecule has 0 spiro atoms. The molecular formula is C33H34N2O5. The lowest BCUT2D eigenvalue weighted by atomic mass is 9.90. The second kappa shape index (κ2) is 13.0. The maximum Gasteiger partial charge on any atom is 0.248 e. The van der Waals surface area contributed by atoms with E-state index in [1.165, 1.54) is 11.1 Å². The predicted molar refractivity (Wildman–Crippen MR) is 154 cm³/mol. The van der Waals surface area contributed by atoms with E-state index in [0.717, 1.165) is 43.1 Å². The van der Waals surface area contributed by atoms with E-state index in [9.17, 15) is 4.79 Å². The molecule has 0 bridgehead atoms. The number of fused-ring (bicyclic) bond motifs is 1. The number of nitrogens with zero attached hydrogens (tertiary/aromatic N) is 1. The first-order chi connectivity index (χ1) is 19.6. The van der Waals surface area contributed by atoms with Crippen LogP contribution in [0.4, 0.5) is 0 Å². The van der Waals surface area contributed by atoms with Crippen molar-refractivity contribution >= 4 is 5.91 Å². The van der Waals surface area contributed by atoms with Crippen LogP contribution in [0.1, 0.15) is 39.4 Å². The zero-order valence-corrected chi connectivity index (χ0v) is 22.6. The number of primary amides is 1. The summed E-state index contributed by atoms with van der Waals surface area (Å²) in [5.74, 6) is 2.35. The Labute approximate surface area is 235 Å². The zero-order valence-electron chi connectivity index (χ0n) is 22.6. The smallest absolute Gasteiger partial charge is 0.248 e. The second-order valence-electron chi connectivity index (χ2n) is 9.73. The summed E-state index contributed by atoms with van der Waals surface area (Å²) in [5.41, 5.74) is 9.50. The Hall–Kier alpha value is -4.49. The van der Waals surface area contributed by atoms with Gasteiger partial charge in [0, 0.05) is 31.1 Å². The lowest BCUT2D eigenvalue weighted by molar-refractivity contribution is 0.1000. The Morgan fingerprint density at radius 2 is 1.57 bits per heavy atom. The highest BCUT2D eigenvalue weighted by molar-refractivity contribution is 5.93. The van der Waals surface area contributed by atoms with E-state index in [0.29, 0.717) is 23.7 Å². The molecule has 0 saturated carbocycles. The molecule has 0 aromatic heterocycles. The topological polar surface area (TPSA) is 83.2 Å². The Morgan fingerprint density at radius 1 is 0.875 bits per heavy atom. The molecule has 1 amide bonds. The van der Waals surface area contributed by atoms with Crippen molar-refractivity contribution in [3.63, 3.8) is 0 Å². The lowest BCUT2D eigenvalue weighted by Crippen LogP contribution is -2.30. The Balaban J connectivity index is 1.32. The summed E-state index contributed by atoms with van der Waals surface area (Å²) in [6.45, 7) is 3.15. The minimum atomic E-state index is -0.504. The van der Waals surface area contributed by atoms with Crippen LogP contribution in [0.15, 0.2) is 97.1 Å². The average molecular weight is 539 g/mol. The largest absolute Gasteiger partial charge is 0.493 e. The average Bonchev–Trinajstić information content (AvgIpc) is 3.46. The number of amides is 1. The molecule has 0 saturated heterocycles. The monoisotopic (exact) mass is 538 g/mol. The second-order valence-corrected chi connectivity index (χ2v) is 9.73. The van der Waals surface area contributed by atoms with Crippen LogP contribution in [0.5, 0.6) is 23.0 Å². The van der Waals surface area contributed by atoms with Crippen LogP contribution in [0.25, 0.3) is 0 Å². The highest BCUT2D eigenvalue weighted by Gasteiger charge is 2.20. The predicted octanol–water partition coefficient (Wildman–Crippen LogP) is 5.63. The van der Waals surface area contributed by atoms with Gasteiger partial charge in [-0.05, 0) is 53.4 Å². The van der Waals surface area contributed by atoms with Gasteiger partial charge in [-0.1, -0.05) is 66.7 Å². The Bertz CT molecular complexity index is 1370. The van der Waals surface area contributed by atoms with Crippen molar-refractivity contribution in [3.8, 4) is 23.0 Å². The van der Waals surface area contributed by atoms with Crippen molar-refractivity contribution in [2.24, 2.45) is 5.73 Å². The summed E-state index contributed by atoms with van der Waals surface area (Å²) >= 11 is 0. The molecule has 206 valence electrons. The molecule has 40 heavy (non-hydrogen) atoms. The van der Waals surface area contributed by atoms with Gasteiger partial charge in [0.1, 0.15) is 0 Å². The van der Waals surface area contributed by atoms with Gasteiger partial charge in [0.15, 0.2) is 23.0 Å². The minimum Gasteiger partial charge on any atom is -0.493 e. The van der Waals surface area contributed by atoms with Gasteiger partial charge in [0.2, 0.25) is 12.7 Å². The van der Waals surface area contributed by atoms with E-state index in [4.69, 9.17) is 24.7 Å². The molecule has 7 heteroatoms. The summed E-state index contributed by atoms with van der Waals surface area (Å²) in [5, 5.41) is 0. The van der Waals surface area contributed by atoms with E-state index in [1.54, 1.807) is 25.3 Å². The van der Waals surface area contributed by atoms with Gasteiger partial charge < -0.3 is 24.7 Å². The molecule has 4 aromatic carbocycles. The SMILES string of the molecule is COc1cc(C(N)=O)ccc1OCCCN(Cc1ccc2c(c1)OCO2)CC(c1ccccc1)c1ccccc1. The van der Waals surface area contributed by atoms with Crippen molar-refractivity contribution in [2.45, 2.75) is 18.9 Å². The van der Waals surface area contributed by atoms with Crippen LogP contribution >= 0.6 is 0 Å². The van der Waals surface area contributed by atoms with Crippen LogP contribution in [0, 0.1) is 0 Å². The number of carbonyl (C=O) groups is 1. The summed E-state index contributed by atoms with van der Waals surface area (Å²) in [6.07, 6.45) is 0.793. The van der Waals surface area contributed by atoms with Gasteiger partial charge in [0.05, 0.1) is 13.7 Å². The highest BCUT2D eigenvalue weighted by atomic mass is 16.7. The van der Waals surface area contributed by atoms with Crippen molar-refractivity contribution in [1.82, 2.24) is 4.90 Å². The number of rotatable bonds is 13. The first-order valence-corrected chi connectivity index (χ1v) is 13.4. The zero-order chi connectivity index (χ0) is 27.7. The number of ether oxygens (including phenoxy) is 4. The molecule has 0 radical (unpaired) electrons. The first kappa shape index (κ1) is 27.1. The van der Waals surface area contributed by atoms with Gasteiger partial charge in [0.25, 0.3) is 0 Å². The number of hydrogen-bond acceptors (Lipinski definition) is 6. The summed E-state index contributed by atoms with van der Waals surface area (Å²) in [4.78, 5) is 14.0. The Kier molecular flexibility index (Phi) is 8.83. The maximum absolute atomic E-state index is 11.5. The van der Waals surface area contributed by atoms with E-state index >= 15 is 0 Å².